The Balaban J connectivity index is 3.10. The molecule has 0 fully saturated rings. The lowest BCUT2D eigenvalue weighted by molar-refractivity contribution is -0.386. The minimum Gasteiger partial charge on any atom is -0.390 e. The van der Waals surface area contributed by atoms with Crippen LogP contribution in [0.1, 0.15) is 17.2 Å². The van der Waals surface area contributed by atoms with E-state index in [-0.39, 0.29) is 17.8 Å². The Hall–Kier alpha value is -2.15. The highest BCUT2D eigenvalue weighted by Crippen LogP contribution is 2.28. The standard InChI is InChI=1S/C10H12N4O4/c1-6-2-3-8(14(17)18)7(4-6)10(16)9(15)5-12-13-11/h2-4,9-10,15-16H,5H2,1H3. The predicted octanol–water partition coefficient (Wildman–Crippen LogP) is 1.61. The maximum atomic E-state index is 10.8. The molecule has 0 saturated heterocycles. The third kappa shape index (κ3) is 3.17. The molecule has 0 aliphatic heterocycles. The zero-order chi connectivity index (χ0) is 13.7. The van der Waals surface area contributed by atoms with E-state index in [9.17, 15) is 20.3 Å². The smallest absolute Gasteiger partial charge is 0.275 e. The van der Waals surface area contributed by atoms with Crippen molar-refractivity contribution in [3.05, 3.63) is 49.9 Å². The van der Waals surface area contributed by atoms with Crippen LogP contribution in [0.3, 0.4) is 0 Å². The van der Waals surface area contributed by atoms with Gasteiger partial charge in [0.25, 0.3) is 5.69 Å². The first-order valence-corrected chi connectivity index (χ1v) is 5.09. The lowest BCUT2D eigenvalue weighted by Gasteiger charge is -2.16. The molecule has 1 aromatic carbocycles. The van der Waals surface area contributed by atoms with Crippen molar-refractivity contribution in [1.82, 2.24) is 0 Å². The highest BCUT2D eigenvalue weighted by atomic mass is 16.6. The number of hydrogen-bond acceptors (Lipinski definition) is 5. The van der Waals surface area contributed by atoms with Gasteiger partial charge in [0.05, 0.1) is 23.1 Å². The summed E-state index contributed by atoms with van der Waals surface area (Å²) in [5.74, 6) is 0. The molecule has 0 bridgehead atoms. The summed E-state index contributed by atoms with van der Waals surface area (Å²) in [6.07, 6.45) is -2.86. The van der Waals surface area contributed by atoms with Crippen LogP contribution in [0.2, 0.25) is 0 Å². The van der Waals surface area contributed by atoms with Gasteiger partial charge in [0.2, 0.25) is 0 Å². The van der Waals surface area contributed by atoms with E-state index in [2.05, 4.69) is 10.0 Å². The number of nitro groups is 1. The van der Waals surface area contributed by atoms with Crippen molar-refractivity contribution in [2.45, 2.75) is 19.1 Å². The van der Waals surface area contributed by atoms with E-state index in [1.54, 1.807) is 6.92 Å². The first-order valence-electron chi connectivity index (χ1n) is 5.09. The fraction of sp³-hybridized carbons (Fsp3) is 0.400. The van der Waals surface area contributed by atoms with Crippen LogP contribution >= 0.6 is 0 Å². The van der Waals surface area contributed by atoms with E-state index >= 15 is 0 Å². The van der Waals surface area contributed by atoms with Crippen molar-refractivity contribution < 1.29 is 15.1 Å². The van der Waals surface area contributed by atoms with Gasteiger partial charge in [-0.25, -0.2) is 0 Å². The maximum Gasteiger partial charge on any atom is 0.275 e. The van der Waals surface area contributed by atoms with Gasteiger partial charge in [-0.1, -0.05) is 16.7 Å². The lowest BCUT2D eigenvalue weighted by atomic mass is 10.0. The van der Waals surface area contributed by atoms with Crippen molar-refractivity contribution in [2.24, 2.45) is 5.11 Å². The van der Waals surface area contributed by atoms with Gasteiger partial charge in [0.1, 0.15) is 6.10 Å². The van der Waals surface area contributed by atoms with Gasteiger partial charge < -0.3 is 10.2 Å². The Morgan fingerprint density at radius 2 is 2.22 bits per heavy atom. The van der Waals surface area contributed by atoms with Gasteiger partial charge in [0.15, 0.2) is 0 Å². The normalized spacial score (nSPS) is 13.5. The fourth-order valence-corrected chi connectivity index (χ4v) is 1.50. The summed E-state index contributed by atoms with van der Waals surface area (Å²) in [5.41, 5.74) is 8.54. The van der Waals surface area contributed by atoms with Gasteiger partial charge >= 0.3 is 0 Å². The fourth-order valence-electron chi connectivity index (χ4n) is 1.50. The molecule has 2 unspecified atom stereocenters. The largest absolute Gasteiger partial charge is 0.390 e. The molecular weight excluding hydrogens is 240 g/mol. The quantitative estimate of drug-likeness (QED) is 0.270. The number of nitro benzene ring substituents is 1. The predicted molar refractivity (Wildman–Crippen MR) is 62.8 cm³/mol. The SMILES string of the molecule is Cc1ccc([N+](=O)[O-])c(C(O)C(O)CN=[N+]=[N-])c1. The van der Waals surface area contributed by atoms with E-state index in [1.807, 2.05) is 0 Å². The minimum atomic E-state index is -1.48. The summed E-state index contributed by atoms with van der Waals surface area (Å²) in [6.45, 7) is 1.35. The minimum absolute atomic E-state index is 0.000592. The number of hydrogen-bond donors (Lipinski definition) is 2. The molecular formula is C10H12N4O4. The Kier molecular flexibility index (Phi) is 4.61. The third-order valence-electron chi connectivity index (χ3n) is 2.39. The van der Waals surface area contributed by atoms with E-state index in [0.717, 1.165) is 0 Å². The molecule has 0 saturated carbocycles. The second-order valence-electron chi connectivity index (χ2n) is 3.75. The van der Waals surface area contributed by atoms with Crippen LogP contribution < -0.4 is 0 Å². The summed E-state index contributed by atoms with van der Waals surface area (Å²) in [5, 5.41) is 33.3. The average Bonchev–Trinajstić information content (AvgIpc) is 2.34. The highest BCUT2D eigenvalue weighted by Gasteiger charge is 2.25. The van der Waals surface area contributed by atoms with E-state index in [0.29, 0.717) is 5.56 Å². The van der Waals surface area contributed by atoms with Gasteiger partial charge in [-0.05, 0) is 18.5 Å². The molecule has 1 rings (SSSR count). The van der Waals surface area contributed by atoms with Gasteiger partial charge in [0, 0.05) is 11.0 Å². The second kappa shape index (κ2) is 5.97. The van der Waals surface area contributed by atoms with Crippen LogP contribution in [-0.4, -0.2) is 27.8 Å². The van der Waals surface area contributed by atoms with Crippen molar-refractivity contribution in [1.29, 1.82) is 0 Å². The van der Waals surface area contributed by atoms with Crippen LogP contribution in [-0.2, 0) is 0 Å². The molecule has 8 heteroatoms. The first-order chi connectivity index (χ1) is 8.47. The zero-order valence-electron chi connectivity index (χ0n) is 9.59. The molecule has 2 N–H and O–H groups in total. The molecule has 2 atom stereocenters. The summed E-state index contributed by atoms with van der Waals surface area (Å²) >= 11 is 0. The summed E-state index contributed by atoms with van der Waals surface area (Å²) in [4.78, 5) is 12.6. The van der Waals surface area contributed by atoms with Gasteiger partial charge in [-0.2, -0.15) is 0 Å². The Labute approximate surface area is 102 Å². The number of aryl methyl sites for hydroxylation is 1. The van der Waals surface area contributed by atoms with Crippen LogP contribution in [0.4, 0.5) is 5.69 Å². The Morgan fingerprint density at radius 3 is 2.78 bits per heavy atom. The van der Waals surface area contributed by atoms with Crippen LogP contribution in [0.25, 0.3) is 10.4 Å². The molecule has 18 heavy (non-hydrogen) atoms. The highest BCUT2D eigenvalue weighted by molar-refractivity contribution is 5.44. The molecule has 0 aliphatic carbocycles. The number of rotatable bonds is 5. The number of aliphatic hydroxyl groups is 2. The Bertz CT molecular complexity index is 499. The van der Waals surface area contributed by atoms with E-state index < -0.39 is 17.1 Å². The maximum absolute atomic E-state index is 10.8. The van der Waals surface area contributed by atoms with Crippen LogP contribution in [0.15, 0.2) is 23.3 Å². The molecule has 8 nitrogen and oxygen atoms in total. The summed E-state index contributed by atoms with van der Waals surface area (Å²) in [6, 6.07) is 4.21. The first kappa shape index (κ1) is 13.9. The molecule has 0 heterocycles. The topological polar surface area (TPSA) is 132 Å². The zero-order valence-corrected chi connectivity index (χ0v) is 9.59. The van der Waals surface area contributed by atoms with E-state index in [1.165, 1.54) is 18.2 Å². The molecule has 0 spiro atoms. The molecule has 0 radical (unpaired) electrons. The lowest BCUT2D eigenvalue weighted by Crippen LogP contribution is -2.22. The third-order valence-corrected chi connectivity index (χ3v) is 2.39. The van der Waals surface area contributed by atoms with Crippen molar-refractivity contribution in [3.63, 3.8) is 0 Å². The molecule has 0 aromatic heterocycles. The summed E-state index contributed by atoms with van der Waals surface area (Å²) in [7, 11) is 0. The number of aliphatic hydroxyl groups excluding tert-OH is 2. The Morgan fingerprint density at radius 1 is 1.56 bits per heavy atom. The van der Waals surface area contributed by atoms with Crippen molar-refractivity contribution in [2.75, 3.05) is 6.54 Å². The summed E-state index contributed by atoms with van der Waals surface area (Å²) < 4.78 is 0. The monoisotopic (exact) mass is 252 g/mol. The van der Waals surface area contributed by atoms with Gasteiger partial charge in [-0.15, -0.1) is 0 Å². The number of benzene rings is 1. The number of azide groups is 1. The van der Waals surface area contributed by atoms with Crippen LogP contribution in [0.5, 0.6) is 0 Å². The van der Waals surface area contributed by atoms with Crippen LogP contribution in [0, 0.1) is 17.0 Å². The molecule has 0 aliphatic rings. The average molecular weight is 252 g/mol. The van der Waals surface area contributed by atoms with E-state index in [4.69, 9.17) is 5.53 Å². The second-order valence-corrected chi connectivity index (χ2v) is 3.75. The number of nitrogens with zero attached hydrogens (tertiary/aromatic N) is 4. The molecule has 0 amide bonds. The van der Waals surface area contributed by atoms with Crippen molar-refractivity contribution in [3.8, 4) is 0 Å². The van der Waals surface area contributed by atoms with Crippen molar-refractivity contribution >= 4 is 5.69 Å². The molecule has 96 valence electrons. The molecule has 1 aromatic rings. The van der Waals surface area contributed by atoms with Gasteiger partial charge in [-0.3, -0.25) is 10.1 Å².